The summed E-state index contributed by atoms with van der Waals surface area (Å²) in [4.78, 5) is 36.9. The summed E-state index contributed by atoms with van der Waals surface area (Å²) in [6.07, 6.45) is 2.96. The number of benzene rings is 1. The Morgan fingerprint density at radius 1 is 1.26 bits per heavy atom. The fraction of sp³-hybridized carbons (Fsp3) is 0.471. The summed E-state index contributed by atoms with van der Waals surface area (Å²) in [6, 6.07) is 6.88. The first kappa shape index (κ1) is 15.5. The normalized spacial score (nSPS) is 18.3. The van der Waals surface area contributed by atoms with Crippen molar-refractivity contribution in [1.29, 1.82) is 0 Å². The quantitative estimate of drug-likeness (QED) is 0.829. The van der Waals surface area contributed by atoms with Crippen LogP contribution in [0.25, 0.3) is 0 Å². The highest BCUT2D eigenvalue weighted by Gasteiger charge is 2.37. The lowest BCUT2D eigenvalue weighted by molar-refractivity contribution is -0.142. The van der Waals surface area contributed by atoms with Crippen LogP contribution in [0.15, 0.2) is 24.3 Å². The molecule has 0 spiro atoms. The zero-order chi connectivity index (χ0) is 16.4. The highest BCUT2D eigenvalue weighted by molar-refractivity contribution is 5.97. The number of aliphatic carboxylic acids is 1. The van der Waals surface area contributed by atoms with E-state index in [1.165, 1.54) is 0 Å². The molecule has 0 saturated heterocycles. The Hall–Kier alpha value is -2.37. The van der Waals surface area contributed by atoms with Gasteiger partial charge in [0.05, 0.1) is 0 Å². The van der Waals surface area contributed by atoms with Gasteiger partial charge in [-0.15, -0.1) is 0 Å². The van der Waals surface area contributed by atoms with Gasteiger partial charge in [0, 0.05) is 25.1 Å². The second-order valence-electron chi connectivity index (χ2n) is 6.14. The molecule has 122 valence electrons. The molecule has 1 saturated carbocycles. The van der Waals surface area contributed by atoms with E-state index in [4.69, 9.17) is 5.11 Å². The molecule has 0 radical (unpaired) electrons. The summed E-state index contributed by atoms with van der Waals surface area (Å²) in [7, 11) is 0. The summed E-state index contributed by atoms with van der Waals surface area (Å²) in [6.45, 7) is 0.276. The Labute approximate surface area is 134 Å². The van der Waals surface area contributed by atoms with E-state index < -0.39 is 12.0 Å². The van der Waals surface area contributed by atoms with Crippen molar-refractivity contribution in [3.8, 4) is 0 Å². The molecule has 2 amide bonds. The minimum absolute atomic E-state index is 0.00785. The molecule has 1 aliphatic carbocycles. The van der Waals surface area contributed by atoms with E-state index in [1.54, 1.807) is 4.90 Å². The number of carboxylic acid groups (broad SMARTS) is 1. The molecular formula is C17H20N2O4. The van der Waals surface area contributed by atoms with Gasteiger partial charge in [-0.2, -0.15) is 0 Å². The standard InChI is InChI=1S/C17H20N2O4/c20-14(18-16(17(22)23)12-5-6-12)9-10-19-13-4-2-1-3-11(13)7-8-15(19)21/h1-4,12,16H,5-10H2,(H,18,20)(H,22,23). The summed E-state index contributed by atoms with van der Waals surface area (Å²) in [5, 5.41) is 11.7. The van der Waals surface area contributed by atoms with Crippen molar-refractivity contribution in [3.63, 3.8) is 0 Å². The van der Waals surface area contributed by atoms with Crippen molar-refractivity contribution < 1.29 is 19.5 Å². The minimum Gasteiger partial charge on any atom is -0.480 e. The predicted octanol–water partition coefficient (Wildman–Crippen LogP) is 1.34. The number of nitrogens with zero attached hydrogens (tertiary/aromatic N) is 1. The molecule has 1 fully saturated rings. The first-order valence-corrected chi connectivity index (χ1v) is 7.96. The summed E-state index contributed by atoms with van der Waals surface area (Å²) in [5.74, 6) is -1.25. The fourth-order valence-corrected chi connectivity index (χ4v) is 3.01. The van der Waals surface area contributed by atoms with Crippen molar-refractivity contribution in [1.82, 2.24) is 5.32 Å². The van der Waals surface area contributed by atoms with Crippen LogP contribution in [0.2, 0.25) is 0 Å². The van der Waals surface area contributed by atoms with E-state index in [0.717, 1.165) is 30.5 Å². The van der Waals surface area contributed by atoms with Crippen LogP contribution in [0.4, 0.5) is 5.69 Å². The van der Waals surface area contributed by atoms with Gasteiger partial charge in [0.15, 0.2) is 0 Å². The summed E-state index contributed by atoms with van der Waals surface area (Å²) < 4.78 is 0. The SMILES string of the molecule is O=C(CCN1C(=O)CCc2ccccc21)NC(C(=O)O)C1CC1. The lowest BCUT2D eigenvalue weighted by Gasteiger charge is -2.29. The number of anilines is 1. The lowest BCUT2D eigenvalue weighted by atomic mass is 10.0. The van der Waals surface area contributed by atoms with E-state index in [0.29, 0.717) is 6.42 Å². The molecule has 1 unspecified atom stereocenters. The predicted molar refractivity (Wildman–Crippen MR) is 84.0 cm³/mol. The monoisotopic (exact) mass is 316 g/mol. The highest BCUT2D eigenvalue weighted by atomic mass is 16.4. The first-order valence-electron chi connectivity index (χ1n) is 7.96. The smallest absolute Gasteiger partial charge is 0.326 e. The van der Waals surface area contributed by atoms with Crippen molar-refractivity contribution in [2.24, 2.45) is 5.92 Å². The Balaban J connectivity index is 1.60. The number of nitrogens with one attached hydrogen (secondary N) is 1. The van der Waals surface area contributed by atoms with Crippen molar-refractivity contribution in [2.45, 2.75) is 38.1 Å². The number of para-hydroxylation sites is 1. The van der Waals surface area contributed by atoms with Gasteiger partial charge in [0.2, 0.25) is 11.8 Å². The van der Waals surface area contributed by atoms with Gasteiger partial charge in [0.1, 0.15) is 6.04 Å². The molecular weight excluding hydrogens is 296 g/mol. The van der Waals surface area contributed by atoms with Crippen molar-refractivity contribution >= 4 is 23.5 Å². The van der Waals surface area contributed by atoms with Gasteiger partial charge in [-0.3, -0.25) is 9.59 Å². The summed E-state index contributed by atoms with van der Waals surface area (Å²) in [5.41, 5.74) is 1.96. The van der Waals surface area contributed by atoms with E-state index in [2.05, 4.69) is 5.32 Å². The molecule has 1 aliphatic heterocycles. The molecule has 2 N–H and O–H groups in total. The van der Waals surface area contributed by atoms with Crippen molar-refractivity contribution in [3.05, 3.63) is 29.8 Å². The molecule has 0 bridgehead atoms. The molecule has 23 heavy (non-hydrogen) atoms. The van der Waals surface area contributed by atoms with Crippen LogP contribution in [0.3, 0.4) is 0 Å². The van der Waals surface area contributed by atoms with E-state index in [1.807, 2.05) is 24.3 Å². The molecule has 1 atom stereocenters. The van der Waals surface area contributed by atoms with Gasteiger partial charge >= 0.3 is 5.97 Å². The van der Waals surface area contributed by atoms with Crippen LogP contribution >= 0.6 is 0 Å². The average Bonchev–Trinajstić information content (AvgIpc) is 3.36. The van der Waals surface area contributed by atoms with Crippen LogP contribution in [0.1, 0.15) is 31.2 Å². The average molecular weight is 316 g/mol. The third kappa shape index (κ3) is 3.52. The molecule has 1 heterocycles. The Morgan fingerprint density at radius 2 is 2.00 bits per heavy atom. The number of hydrogen-bond acceptors (Lipinski definition) is 3. The van der Waals surface area contributed by atoms with Gasteiger partial charge in [-0.05, 0) is 36.8 Å². The van der Waals surface area contributed by atoms with Crippen LogP contribution in [0.5, 0.6) is 0 Å². The van der Waals surface area contributed by atoms with Gasteiger partial charge in [0.25, 0.3) is 0 Å². The molecule has 1 aromatic rings. The number of aryl methyl sites for hydroxylation is 1. The maximum absolute atomic E-state index is 12.1. The Bertz CT molecular complexity index is 639. The number of amides is 2. The maximum atomic E-state index is 12.1. The first-order chi connectivity index (χ1) is 11.1. The van der Waals surface area contributed by atoms with Crippen LogP contribution in [-0.4, -0.2) is 35.5 Å². The molecule has 6 nitrogen and oxygen atoms in total. The molecule has 2 aliphatic rings. The van der Waals surface area contributed by atoms with Crippen LogP contribution in [0, 0.1) is 5.92 Å². The number of hydrogen-bond donors (Lipinski definition) is 2. The number of carbonyl (C=O) groups excluding carboxylic acids is 2. The lowest BCUT2D eigenvalue weighted by Crippen LogP contribution is -2.44. The maximum Gasteiger partial charge on any atom is 0.326 e. The van der Waals surface area contributed by atoms with Gasteiger partial charge in [-0.1, -0.05) is 18.2 Å². The number of carbonyl (C=O) groups is 3. The van der Waals surface area contributed by atoms with E-state index in [9.17, 15) is 14.4 Å². The molecule has 3 rings (SSSR count). The number of carboxylic acids is 1. The van der Waals surface area contributed by atoms with Gasteiger partial charge in [-0.25, -0.2) is 4.79 Å². The van der Waals surface area contributed by atoms with E-state index >= 15 is 0 Å². The van der Waals surface area contributed by atoms with Crippen molar-refractivity contribution in [2.75, 3.05) is 11.4 Å². The van der Waals surface area contributed by atoms with Gasteiger partial charge < -0.3 is 15.3 Å². The number of rotatable bonds is 6. The Kier molecular flexibility index (Phi) is 4.32. The Morgan fingerprint density at radius 3 is 2.70 bits per heavy atom. The van der Waals surface area contributed by atoms with Crippen LogP contribution < -0.4 is 10.2 Å². The summed E-state index contributed by atoms with van der Waals surface area (Å²) >= 11 is 0. The fourth-order valence-electron chi connectivity index (χ4n) is 3.01. The second kappa shape index (κ2) is 6.40. The molecule has 0 aromatic heterocycles. The zero-order valence-corrected chi connectivity index (χ0v) is 12.8. The highest BCUT2D eigenvalue weighted by Crippen LogP contribution is 2.33. The third-order valence-corrected chi connectivity index (χ3v) is 4.43. The topological polar surface area (TPSA) is 86.7 Å². The van der Waals surface area contributed by atoms with E-state index in [-0.39, 0.29) is 30.7 Å². The minimum atomic E-state index is -0.986. The second-order valence-corrected chi connectivity index (χ2v) is 6.14. The largest absolute Gasteiger partial charge is 0.480 e. The zero-order valence-electron chi connectivity index (χ0n) is 12.8. The molecule has 6 heteroatoms. The third-order valence-electron chi connectivity index (χ3n) is 4.43. The van der Waals surface area contributed by atoms with Crippen LogP contribution in [-0.2, 0) is 20.8 Å². The molecule has 1 aromatic carbocycles. The number of fused-ring (bicyclic) bond motifs is 1.